The summed E-state index contributed by atoms with van der Waals surface area (Å²) in [5.41, 5.74) is 2.86. The second-order valence-electron chi connectivity index (χ2n) is 9.36. The fourth-order valence-corrected chi connectivity index (χ4v) is 5.26. The molecular formula is C29H28N4O5S. The van der Waals surface area contributed by atoms with E-state index in [0.29, 0.717) is 47.6 Å². The van der Waals surface area contributed by atoms with E-state index >= 15 is 0 Å². The molecule has 1 aromatic heterocycles. The molecule has 2 aliphatic rings. The first-order valence-corrected chi connectivity index (χ1v) is 13.5. The summed E-state index contributed by atoms with van der Waals surface area (Å²) in [6, 6.07) is 21.3. The molecule has 0 N–H and O–H groups in total. The van der Waals surface area contributed by atoms with Crippen molar-refractivity contribution in [2.75, 3.05) is 40.1 Å². The highest BCUT2D eigenvalue weighted by Crippen LogP contribution is 2.34. The molecule has 0 bridgehead atoms. The number of amides is 1. The van der Waals surface area contributed by atoms with Crippen LogP contribution in [0, 0.1) is 0 Å². The van der Waals surface area contributed by atoms with Crippen LogP contribution in [0.3, 0.4) is 0 Å². The molecular weight excluding hydrogens is 516 g/mol. The lowest BCUT2D eigenvalue weighted by Crippen LogP contribution is -2.48. The molecule has 0 atom stereocenters. The van der Waals surface area contributed by atoms with Crippen molar-refractivity contribution in [3.05, 3.63) is 89.2 Å². The number of fused-ring (bicyclic) bond motifs is 1. The van der Waals surface area contributed by atoms with Gasteiger partial charge in [-0.25, -0.2) is 0 Å². The number of nitrogens with zero attached hydrogens (tertiary/aromatic N) is 4. The van der Waals surface area contributed by atoms with Gasteiger partial charge in [0.15, 0.2) is 28.8 Å². The molecule has 0 saturated carbocycles. The lowest BCUT2D eigenvalue weighted by molar-refractivity contribution is 0.0628. The Morgan fingerprint density at radius 1 is 0.923 bits per heavy atom. The molecule has 1 saturated heterocycles. The van der Waals surface area contributed by atoms with Crippen molar-refractivity contribution in [1.82, 2.24) is 19.2 Å². The first kappa shape index (κ1) is 25.1. The summed E-state index contributed by atoms with van der Waals surface area (Å²) in [7, 11) is 1.56. The van der Waals surface area contributed by atoms with Crippen LogP contribution < -0.4 is 18.9 Å². The van der Waals surface area contributed by atoms with Gasteiger partial charge in [-0.15, -0.1) is 0 Å². The number of aromatic nitrogens is 2. The zero-order valence-corrected chi connectivity index (χ0v) is 22.4. The minimum Gasteiger partial charge on any atom is -0.493 e. The highest BCUT2D eigenvalue weighted by molar-refractivity contribution is 7.07. The number of hydrogen-bond acceptors (Lipinski definition) is 9. The molecule has 0 spiro atoms. The first-order chi connectivity index (χ1) is 19.1. The molecule has 10 heteroatoms. The lowest BCUT2D eigenvalue weighted by atomic mass is 10.1. The predicted octanol–water partition coefficient (Wildman–Crippen LogP) is 4.62. The second-order valence-corrected chi connectivity index (χ2v) is 10.1. The van der Waals surface area contributed by atoms with Crippen LogP contribution in [0.15, 0.2) is 66.7 Å². The zero-order chi connectivity index (χ0) is 26.6. The van der Waals surface area contributed by atoms with Gasteiger partial charge >= 0.3 is 0 Å². The van der Waals surface area contributed by atoms with Gasteiger partial charge in [-0.2, -0.15) is 9.36 Å². The van der Waals surface area contributed by atoms with Crippen molar-refractivity contribution in [2.45, 2.75) is 13.0 Å². The molecule has 0 radical (unpaired) electrons. The largest absolute Gasteiger partial charge is 0.493 e. The van der Waals surface area contributed by atoms with Gasteiger partial charge in [-0.3, -0.25) is 9.69 Å². The van der Waals surface area contributed by atoms with Crippen molar-refractivity contribution in [1.29, 1.82) is 0 Å². The minimum absolute atomic E-state index is 0.0244. The third kappa shape index (κ3) is 5.81. The number of methoxy groups -OCH3 is 1. The molecule has 3 heterocycles. The molecule has 2 aliphatic heterocycles. The SMILES string of the molecule is COc1cc(C(=O)N2CCN(Cc3ccc4c(c3)OCO4)CC2)ccc1Oc1nc(Cc2ccccc2)ns1. The van der Waals surface area contributed by atoms with Crippen molar-refractivity contribution in [3.8, 4) is 28.2 Å². The fraction of sp³-hybridized carbons (Fsp3) is 0.276. The van der Waals surface area contributed by atoms with Crippen LogP contribution in [-0.2, 0) is 13.0 Å². The summed E-state index contributed by atoms with van der Waals surface area (Å²) in [6.07, 6.45) is 0.634. The Kier molecular flexibility index (Phi) is 7.29. The number of carbonyl (C=O) groups excluding carboxylic acids is 1. The van der Waals surface area contributed by atoms with E-state index in [0.717, 1.165) is 36.7 Å². The van der Waals surface area contributed by atoms with Gasteiger partial charge in [-0.05, 0) is 41.5 Å². The monoisotopic (exact) mass is 544 g/mol. The standard InChI is InChI=1S/C29H28N4O5S/c1-35-25-17-22(8-10-24(25)38-29-30-27(31-39-29)16-20-5-3-2-4-6-20)28(34)33-13-11-32(12-14-33)18-21-7-9-23-26(15-21)37-19-36-23/h2-10,15,17H,11-14,16,18-19H2,1H3. The summed E-state index contributed by atoms with van der Waals surface area (Å²) in [5.74, 6) is 3.22. The average molecular weight is 545 g/mol. The van der Waals surface area contributed by atoms with Crippen LogP contribution in [0.5, 0.6) is 28.2 Å². The normalized spacial score (nSPS) is 14.8. The van der Waals surface area contributed by atoms with Crippen LogP contribution in [0.2, 0.25) is 0 Å². The Labute approximate surface area is 230 Å². The van der Waals surface area contributed by atoms with Crippen molar-refractivity contribution >= 4 is 17.4 Å². The van der Waals surface area contributed by atoms with Gasteiger partial charge < -0.3 is 23.8 Å². The Balaban J connectivity index is 1.05. The first-order valence-electron chi connectivity index (χ1n) is 12.8. The van der Waals surface area contributed by atoms with E-state index in [4.69, 9.17) is 18.9 Å². The molecule has 6 rings (SSSR count). The highest BCUT2D eigenvalue weighted by Gasteiger charge is 2.24. The highest BCUT2D eigenvalue weighted by atomic mass is 32.1. The maximum Gasteiger partial charge on any atom is 0.298 e. The van der Waals surface area contributed by atoms with Crippen LogP contribution >= 0.6 is 11.5 Å². The Morgan fingerprint density at radius 3 is 2.56 bits per heavy atom. The molecule has 0 unspecified atom stereocenters. The molecule has 4 aromatic rings. The van der Waals surface area contributed by atoms with E-state index in [9.17, 15) is 4.79 Å². The van der Waals surface area contributed by atoms with Gasteiger partial charge in [-0.1, -0.05) is 36.4 Å². The third-order valence-corrected chi connectivity index (χ3v) is 7.40. The van der Waals surface area contributed by atoms with Gasteiger partial charge in [0, 0.05) is 56.2 Å². The molecule has 1 amide bonds. The number of hydrogen-bond donors (Lipinski definition) is 0. The van der Waals surface area contributed by atoms with Gasteiger partial charge in [0.1, 0.15) is 0 Å². The lowest BCUT2D eigenvalue weighted by Gasteiger charge is -2.34. The summed E-state index contributed by atoms with van der Waals surface area (Å²) in [6.45, 7) is 3.96. The third-order valence-electron chi connectivity index (χ3n) is 6.77. The Morgan fingerprint density at radius 2 is 1.74 bits per heavy atom. The molecule has 9 nitrogen and oxygen atoms in total. The zero-order valence-electron chi connectivity index (χ0n) is 21.5. The van der Waals surface area contributed by atoms with Crippen LogP contribution in [0.1, 0.15) is 27.3 Å². The molecule has 1 fully saturated rings. The molecule has 39 heavy (non-hydrogen) atoms. The van der Waals surface area contributed by atoms with E-state index in [1.165, 1.54) is 17.1 Å². The number of ether oxygens (including phenoxy) is 4. The quantitative estimate of drug-likeness (QED) is 0.318. The summed E-state index contributed by atoms with van der Waals surface area (Å²) in [4.78, 5) is 22.0. The molecule has 3 aromatic carbocycles. The van der Waals surface area contributed by atoms with E-state index in [1.807, 2.05) is 47.4 Å². The second kappa shape index (κ2) is 11.3. The van der Waals surface area contributed by atoms with Crippen molar-refractivity contribution in [2.24, 2.45) is 0 Å². The summed E-state index contributed by atoms with van der Waals surface area (Å²) < 4.78 is 26.8. The number of benzene rings is 3. The molecule has 200 valence electrons. The average Bonchev–Trinajstić information content (AvgIpc) is 3.63. The molecule has 0 aliphatic carbocycles. The summed E-state index contributed by atoms with van der Waals surface area (Å²) >= 11 is 1.19. The topological polar surface area (TPSA) is 86.3 Å². The van der Waals surface area contributed by atoms with Gasteiger partial charge in [0.05, 0.1) is 7.11 Å². The maximum absolute atomic E-state index is 13.3. The van der Waals surface area contributed by atoms with E-state index in [1.54, 1.807) is 25.3 Å². The van der Waals surface area contributed by atoms with Crippen LogP contribution in [-0.4, -0.2) is 65.1 Å². The van der Waals surface area contributed by atoms with E-state index < -0.39 is 0 Å². The summed E-state index contributed by atoms with van der Waals surface area (Å²) in [5, 5.41) is 0.428. The fourth-order valence-electron chi connectivity index (χ4n) is 4.70. The van der Waals surface area contributed by atoms with Crippen LogP contribution in [0.4, 0.5) is 0 Å². The van der Waals surface area contributed by atoms with Crippen molar-refractivity contribution in [3.63, 3.8) is 0 Å². The maximum atomic E-state index is 13.3. The Bertz CT molecular complexity index is 1450. The van der Waals surface area contributed by atoms with Crippen molar-refractivity contribution < 1.29 is 23.7 Å². The smallest absolute Gasteiger partial charge is 0.298 e. The van der Waals surface area contributed by atoms with Crippen LogP contribution in [0.25, 0.3) is 0 Å². The van der Waals surface area contributed by atoms with Gasteiger partial charge in [0.25, 0.3) is 11.1 Å². The van der Waals surface area contributed by atoms with E-state index in [-0.39, 0.29) is 12.7 Å². The number of piperazine rings is 1. The minimum atomic E-state index is -0.0244. The number of rotatable bonds is 8. The predicted molar refractivity (Wildman–Crippen MR) is 146 cm³/mol. The van der Waals surface area contributed by atoms with E-state index in [2.05, 4.69) is 20.3 Å². The Hall–Kier alpha value is -4.15. The van der Waals surface area contributed by atoms with Gasteiger partial charge in [0.2, 0.25) is 6.79 Å². The number of carbonyl (C=O) groups is 1.